The molecule has 9 heteroatoms. The van der Waals surface area contributed by atoms with E-state index in [1.54, 1.807) is 24.3 Å². The van der Waals surface area contributed by atoms with Gasteiger partial charge in [0.05, 0.1) is 39.6 Å². The molecule has 1 aromatic carbocycles. The first-order chi connectivity index (χ1) is 15.2. The Hall–Kier alpha value is -2.62. The molecule has 31 heavy (non-hydrogen) atoms. The molecule has 0 saturated carbocycles. The second-order valence-electron chi connectivity index (χ2n) is 6.47. The average Bonchev–Trinajstić information content (AvgIpc) is 2.78. The lowest BCUT2D eigenvalue weighted by molar-refractivity contribution is -0.00675. The van der Waals surface area contributed by atoms with Crippen LogP contribution < -0.4 is 4.74 Å². The van der Waals surface area contributed by atoms with Gasteiger partial charge in [0.2, 0.25) is 0 Å². The van der Waals surface area contributed by atoms with Gasteiger partial charge in [0.1, 0.15) is 24.7 Å². The molecule has 0 unspecified atom stereocenters. The molecule has 2 rings (SSSR count). The van der Waals surface area contributed by atoms with Crippen molar-refractivity contribution in [3.05, 3.63) is 42.2 Å². The van der Waals surface area contributed by atoms with Crippen molar-refractivity contribution in [1.29, 1.82) is 0 Å². The van der Waals surface area contributed by atoms with Gasteiger partial charge in [-0.25, -0.2) is 9.59 Å². The van der Waals surface area contributed by atoms with E-state index < -0.39 is 12.3 Å². The van der Waals surface area contributed by atoms with Crippen molar-refractivity contribution in [2.24, 2.45) is 0 Å². The van der Waals surface area contributed by atoms with Crippen LogP contribution in [0.5, 0.6) is 5.75 Å². The molecule has 0 bridgehead atoms. The van der Waals surface area contributed by atoms with Crippen molar-refractivity contribution in [2.75, 3.05) is 52.9 Å². The Labute approximate surface area is 182 Å². The number of para-hydroxylation sites is 1. The van der Waals surface area contributed by atoms with Crippen molar-refractivity contribution >= 4 is 12.3 Å². The quantitative estimate of drug-likeness (QED) is 0.243. The van der Waals surface area contributed by atoms with Gasteiger partial charge in [0, 0.05) is 6.42 Å². The van der Waals surface area contributed by atoms with Crippen LogP contribution in [0.25, 0.3) is 0 Å². The van der Waals surface area contributed by atoms with E-state index in [4.69, 9.17) is 33.2 Å². The highest BCUT2D eigenvalue weighted by molar-refractivity contribution is 5.63. The zero-order valence-electron chi connectivity index (χ0n) is 17.6. The van der Waals surface area contributed by atoms with Crippen molar-refractivity contribution < 1.29 is 42.7 Å². The third-order valence-corrected chi connectivity index (χ3v) is 4.05. The first-order valence-corrected chi connectivity index (χ1v) is 10.4. The molecule has 9 nitrogen and oxygen atoms in total. The molecule has 1 aliphatic carbocycles. The average molecular weight is 438 g/mol. The van der Waals surface area contributed by atoms with Crippen molar-refractivity contribution in [3.63, 3.8) is 0 Å². The van der Waals surface area contributed by atoms with Gasteiger partial charge in [-0.15, -0.1) is 0 Å². The molecule has 0 atom stereocenters. The number of carbonyl (C=O) groups is 2. The summed E-state index contributed by atoms with van der Waals surface area (Å²) in [5.74, 6) is 1.11. The smallest absolute Gasteiger partial charge is 0.432 e. The van der Waals surface area contributed by atoms with Crippen LogP contribution in [0.3, 0.4) is 0 Å². The second-order valence-corrected chi connectivity index (χ2v) is 6.47. The molecule has 1 aliphatic rings. The summed E-state index contributed by atoms with van der Waals surface area (Å²) >= 11 is 0. The van der Waals surface area contributed by atoms with E-state index in [0.717, 1.165) is 25.7 Å². The van der Waals surface area contributed by atoms with Crippen LogP contribution >= 0.6 is 0 Å². The third-order valence-electron chi connectivity index (χ3n) is 4.05. The molecule has 0 aliphatic heterocycles. The van der Waals surface area contributed by atoms with E-state index in [2.05, 4.69) is 0 Å². The zero-order valence-corrected chi connectivity index (χ0v) is 17.6. The van der Waals surface area contributed by atoms with Crippen LogP contribution in [-0.2, 0) is 28.4 Å². The van der Waals surface area contributed by atoms with Gasteiger partial charge in [0.25, 0.3) is 0 Å². The molecular formula is C22H30O9. The Morgan fingerprint density at radius 2 is 1.23 bits per heavy atom. The van der Waals surface area contributed by atoms with Gasteiger partial charge in [-0.2, -0.15) is 0 Å². The Bertz CT molecular complexity index is 660. The summed E-state index contributed by atoms with van der Waals surface area (Å²) in [6.45, 7) is 2.24. The van der Waals surface area contributed by atoms with Gasteiger partial charge in [-0.3, -0.25) is 0 Å². The summed E-state index contributed by atoms with van der Waals surface area (Å²) < 4.78 is 35.9. The number of allylic oxidation sites excluding steroid dienone is 2. The third kappa shape index (κ3) is 12.6. The molecule has 0 fully saturated rings. The lowest BCUT2D eigenvalue weighted by Gasteiger charge is -2.12. The standard InChI is InChI=1S/C22H30O9/c23-21(30-19-7-3-1-4-8-19)28-17-15-26-13-11-25-12-14-27-16-18-29-22(24)31-20-9-5-2-6-10-20/h1,3-4,7-9H,2,5-6,10-18H2. The minimum absolute atomic E-state index is 0.0918. The summed E-state index contributed by atoms with van der Waals surface area (Å²) in [6.07, 6.45) is 4.34. The van der Waals surface area contributed by atoms with Crippen LogP contribution in [0.1, 0.15) is 25.7 Å². The van der Waals surface area contributed by atoms with Crippen molar-refractivity contribution in [3.8, 4) is 5.75 Å². The Kier molecular flexibility index (Phi) is 12.8. The van der Waals surface area contributed by atoms with Gasteiger partial charge in [0.15, 0.2) is 0 Å². The highest BCUT2D eigenvalue weighted by atomic mass is 16.7. The fourth-order valence-electron chi connectivity index (χ4n) is 2.56. The lowest BCUT2D eigenvalue weighted by atomic mass is 10.1. The van der Waals surface area contributed by atoms with Gasteiger partial charge < -0.3 is 33.2 Å². The molecule has 0 heterocycles. The van der Waals surface area contributed by atoms with Crippen molar-refractivity contribution in [2.45, 2.75) is 25.7 Å². The highest BCUT2D eigenvalue weighted by Crippen LogP contribution is 2.18. The Morgan fingerprint density at radius 1 is 0.677 bits per heavy atom. The van der Waals surface area contributed by atoms with E-state index in [9.17, 15) is 9.59 Å². The van der Waals surface area contributed by atoms with Crippen LogP contribution in [0.15, 0.2) is 42.2 Å². The van der Waals surface area contributed by atoms with E-state index in [1.807, 2.05) is 12.1 Å². The van der Waals surface area contributed by atoms with Crippen LogP contribution in [0, 0.1) is 0 Å². The number of hydrogen-bond acceptors (Lipinski definition) is 9. The fraction of sp³-hybridized carbons (Fsp3) is 0.545. The molecule has 0 spiro atoms. The number of rotatable bonds is 14. The molecule has 0 radical (unpaired) electrons. The van der Waals surface area contributed by atoms with Gasteiger partial charge in [-0.1, -0.05) is 18.2 Å². The Balaban J connectivity index is 1.30. The predicted octanol–water partition coefficient (Wildman–Crippen LogP) is 3.86. The number of benzene rings is 1. The van der Waals surface area contributed by atoms with Crippen LogP contribution in [0.4, 0.5) is 9.59 Å². The molecular weight excluding hydrogens is 408 g/mol. The first kappa shape index (κ1) is 24.6. The Morgan fingerprint density at radius 3 is 1.77 bits per heavy atom. The monoisotopic (exact) mass is 438 g/mol. The molecule has 0 N–H and O–H groups in total. The number of hydrogen-bond donors (Lipinski definition) is 0. The maximum absolute atomic E-state index is 11.5. The minimum Gasteiger partial charge on any atom is -0.432 e. The van der Waals surface area contributed by atoms with Gasteiger partial charge in [-0.05, 0) is 37.5 Å². The highest BCUT2D eigenvalue weighted by Gasteiger charge is 2.11. The summed E-state index contributed by atoms with van der Waals surface area (Å²) in [5.41, 5.74) is 0. The summed E-state index contributed by atoms with van der Waals surface area (Å²) in [7, 11) is 0. The minimum atomic E-state index is -0.772. The SMILES string of the molecule is O=C(OCCOCCOCCOCCOC(=O)Oc1ccccc1)OC1=CCCCC1. The summed E-state index contributed by atoms with van der Waals surface area (Å²) in [5, 5.41) is 0. The first-order valence-electron chi connectivity index (χ1n) is 10.4. The summed E-state index contributed by atoms with van der Waals surface area (Å²) in [6, 6.07) is 8.67. The van der Waals surface area contributed by atoms with Gasteiger partial charge >= 0.3 is 12.3 Å². The predicted molar refractivity (Wildman–Crippen MR) is 110 cm³/mol. The normalized spacial score (nSPS) is 13.2. The molecule has 0 amide bonds. The largest absolute Gasteiger partial charge is 0.513 e. The van der Waals surface area contributed by atoms with Crippen molar-refractivity contribution in [1.82, 2.24) is 0 Å². The number of carbonyl (C=O) groups excluding carboxylic acids is 2. The molecule has 1 aromatic rings. The van der Waals surface area contributed by atoms with E-state index in [1.165, 1.54) is 0 Å². The summed E-state index contributed by atoms with van der Waals surface area (Å²) in [4.78, 5) is 22.9. The molecule has 0 aromatic heterocycles. The van der Waals surface area contributed by atoms with E-state index in [-0.39, 0.29) is 26.4 Å². The fourth-order valence-corrected chi connectivity index (χ4v) is 2.56. The zero-order chi connectivity index (χ0) is 22.0. The van der Waals surface area contributed by atoms with E-state index >= 15 is 0 Å². The maximum atomic E-state index is 11.5. The maximum Gasteiger partial charge on any atom is 0.513 e. The lowest BCUT2D eigenvalue weighted by Crippen LogP contribution is -2.16. The second kappa shape index (κ2) is 16.1. The number of ether oxygens (including phenoxy) is 7. The van der Waals surface area contributed by atoms with Crippen LogP contribution in [-0.4, -0.2) is 65.2 Å². The molecule has 0 saturated heterocycles. The molecule has 172 valence electrons. The van der Waals surface area contributed by atoms with E-state index in [0.29, 0.717) is 37.9 Å². The topological polar surface area (TPSA) is 98.8 Å². The van der Waals surface area contributed by atoms with Crippen LogP contribution in [0.2, 0.25) is 0 Å².